The van der Waals surface area contributed by atoms with Crippen molar-refractivity contribution in [3.8, 4) is 0 Å². The molecular weight excluding hydrogens is 226 g/mol. The molecule has 0 unspecified atom stereocenters. The highest BCUT2D eigenvalue weighted by Gasteiger charge is 2.44. The summed E-state index contributed by atoms with van der Waals surface area (Å²) in [6.07, 6.45) is 7.98. The van der Waals surface area contributed by atoms with Crippen LogP contribution in [0.4, 0.5) is 0 Å². The van der Waals surface area contributed by atoms with Crippen molar-refractivity contribution < 1.29 is 4.79 Å². The van der Waals surface area contributed by atoms with Crippen LogP contribution in [-0.4, -0.2) is 34.4 Å². The first-order valence-electron chi connectivity index (χ1n) is 6.69. The Morgan fingerprint density at radius 3 is 3.11 bits per heavy atom. The molecule has 0 aromatic carbocycles. The van der Waals surface area contributed by atoms with Crippen LogP contribution in [0.25, 0.3) is 0 Å². The number of rotatable bonds is 2. The molecule has 0 saturated carbocycles. The first-order chi connectivity index (χ1) is 8.78. The Kier molecular flexibility index (Phi) is 3.04. The van der Waals surface area contributed by atoms with Gasteiger partial charge in [0.2, 0.25) is 5.91 Å². The minimum atomic E-state index is 0.0607. The fourth-order valence-electron chi connectivity index (χ4n) is 3.20. The number of likely N-dealkylation sites (tertiary alicyclic amines) is 1. The monoisotopic (exact) mass is 245 g/mol. The van der Waals surface area contributed by atoms with Gasteiger partial charge in [-0.1, -0.05) is 12.5 Å². The Bertz CT molecular complexity index is 434. The van der Waals surface area contributed by atoms with Crippen LogP contribution in [0.5, 0.6) is 0 Å². The molecule has 2 saturated heterocycles. The summed E-state index contributed by atoms with van der Waals surface area (Å²) < 4.78 is 0. The van der Waals surface area contributed by atoms with E-state index in [1.165, 1.54) is 18.4 Å². The van der Waals surface area contributed by atoms with Gasteiger partial charge in [-0.15, -0.1) is 0 Å². The number of carbonyl (C=O) groups is 1. The third-order valence-corrected chi connectivity index (χ3v) is 4.19. The normalized spacial score (nSPS) is 28.6. The van der Waals surface area contributed by atoms with Crippen molar-refractivity contribution in [2.24, 2.45) is 0 Å². The first-order valence-corrected chi connectivity index (χ1v) is 6.69. The van der Waals surface area contributed by atoms with Crippen LogP contribution in [0.1, 0.15) is 31.2 Å². The van der Waals surface area contributed by atoms with E-state index >= 15 is 0 Å². The van der Waals surface area contributed by atoms with Crippen molar-refractivity contribution in [3.05, 3.63) is 30.1 Å². The lowest BCUT2D eigenvalue weighted by Crippen LogP contribution is -2.52. The number of amides is 1. The molecule has 0 aliphatic carbocycles. The number of aromatic nitrogens is 1. The van der Waals surface area contributed by atoms with Crippen LogP contribution in [0.3, 0.4) is 0 Å². The summed E-state index contributed by atoms with van der Waals surface area (Å²) in [5.41, 5.74) is 1.30. The van der Waals surface area contributed by atoms with Gasteiger partial charge in [-0.2, -0.15) is 0 Å². The second-order valence-electron chi connectivity index (χ2n) is 5.42. The fraction of sp³-hybridized carbons (Fsp3) is 0.571. The highest BCUT2D eigenvalue weighted by Crippen LogP contribution is 2.34. The number of hydrogen-bond acceptors (Lipinski definition) is 3. The molecule has 96 valence electrons. The summed E-state index contributed by atoms with van der Waals surface area (Å²) in [6, 6.07) is 4.09. The van der Waals surface area contributed by atoms with E-state index in [2.05, 4.69) is 21.3 Å². The highest BCUT2D eigenvalue weighted by atomic mass is 16.2. The Balaban J connectivity index is 1.78. The minimum absolute atomic E-state index is 0.0607. The smallest absolute Gasteiger partial charge is 0.221 e. The Labute approximate surface area is 107 Å². The maximum Gasteiger partial charge on any atom is 0.221 e. The van der Waals surface area contributed by atoms with Gasteiger partial charge >= 0.3 is 0 Å². The Morgan fingerprint density at radius 2 is 2.39 bits per heavy atom. The van der Waals surface area contributed by atoms with Crippen molar-refractivity contribution >= 4 is 5.91 Å². The summed E-state index contributed by atoms with van der Waals surface area (Å²) in [6.45, 7) is 2.80. The largest absolute Gasteiger partial charge is 0.354 e. The molecule has 1 N–H and O–H groups in total. The van der Waals surface area contributed by atoms with Crippen LogP contribution in [0.15, 0.2) is 24.5 Å². The lowest BCUT2D eigenvalue weighted by molar-refractivity contribution is -0.120. The average molecular weight is 245 g/mol. The van der Waals surface area contributed by atoms with Gasteiger partial charge in [0.05, 0.1) is 0 Å². The number of nitrogens with zero attached hydrogens (tertiary/aromatic N) is 2. The van der Waals surface area contributed by atoms with E-state index in [9.17, 15) is 4.79 Å². The second-order valence-corrected chi connectivity index (χ2v) is 5.42. The number of carbonyl (C=O) groups excluding carboxylic acids is 1. The zero-order valence-electron chi connectivity index (χ0n) is 10.6. The van der Waals surface area contributed by atoms with Crippen molar-refractivity contribution in [3.63, 3.8) is 0 Å². The number of hydrogen-bond donors (Lipinski definition) is 1. The van der Waals surface area contributed by atoms with Crippen LogP contribution < -0.4 is 5.32 Å². The lowest BCUT2D eigenvalue weighted by Gasteiger charge is -2.43. The van der Waals surface area contributed by atoms with Gasteiger partial charge in [-0.25, -0.2) is 0 Å². The summed E-state index contributed by atoms with van der Waals surface area (Å²) in [7, 11) is 0. The zero-order chi connectivity index (χ0) is 12.4. The molecule has 2 aliphatic rings. The van der Waals surface area contributed by atoms with Crippen LogP contribution >= 0.6 is 0 Å². The molecule has 1 amide bonds. The predicted molar refractivity (Wildman–Crippen MR) is 68.9 cm³/mol. The van der Waals surface area contributed by atoms with Gasteiger partial charge in [0.25, 0.3) is 0 Å². The lowest BCUT2D eigenvalue weighted by atomic mass is 9.85. The molecule has 18 heavy (non-hydrogen) atoms. The highest BCUT2D eigenvalue weighted by molar-refractivity contribution is 5.80. The standard InChI is InChI=1S/C14H19N3O/c18-13-8-14(11-16-13)5-1-2-7-17(14)10-12-4-3-6-15-9-12/h3-4,6,9H,1-2,5,7-8,10-11H2,(H,16,18)/t14-/m0/s1. The number of pyridine rings is 1. The SMILES string of the molecule is O=C1C[C@@]2(CCCCN2Cc2cccnc2)CN1. The maximum absolute atomic E-state index is 11.6. The molecule has 1 spiro atoms. The zero-order valence-corrected chi connectivity index (χ0v) is 10.6. The Hall–Kier alpha value is -1.42. The molecule has 2 fully saturated rings. The molecule has 3 heterocycles. The summed E-state index contributed by atoms with van der Waals surface area (Å²) >= 11 is 0. The van der Waals surface area contributed by atoms with E-state index in [1.54, 1.807) is 6.20 Å². The van der Waals surface area contributed by atoms with E-state index in [-0.39, 0.29) is 11.4 Å². The van der Waals surface area contributed by atoms with Crippen molar-refractivity contribution in [1.82, 2.24) is 15.2 Å². The van der Waals surface area contributed by atoms with E-state index in [0.29, 0.717) is 6.42 Å². The first kappa shape index (κ1) is 11.7. The third-order valence-electron chi connectivity index (χ3n) is 4.19. The van der Waals surface area contributed by atoms with Gasteiger partial charge in [-0.3, -0.25) is 14.7 Å². The molecule has 4 heteroatoms. The fourth-order valence-corrected chi connectivity index (χ4v) is 3.20. The van der Waals surface area contributed by atoms with Gasteiger partial charge < -0.3 is 5.32 Å². The summed E-state index contributed by atoms with van der Waals surface area (Å²) in [4.78, 5) is 18.2. The van der Waals surface area contributed by atoms with Gasteiger partial charge in [0.15, 0.2) is 0 Å². The molecule has 2 aliphatic heterocycles. The third kappa shape index (κ3) is 2.12. The molecule has 0 bridgehead atoms. The quantitative estimate of drug-likeness (QED) is 0.855. The molecule has 1 atom stereocenters. The van der Waals surface area contributed by atoms with Crippen molar-refractivity contribution in [2.45, 2.75) is 37.8 Å². The van der Waals surface area contributed by atoms with Crippen LogP contribution in [-0.2, 0) is 11.3 Å². The van der Waals surface area contributed by atoms with Gasteiger partial charge in [0.1, 0.15) is 0 Å². The molecule has 1 aromatic heterocycles. The average Bonchev–Trinajstić information content (AvgIpc) is 2.76. The summed E-state index contributed by atoms with van der Waals surface area (Å²) in [5, 5.41) is 3.00. The van der Waals surface area contributed by atoms with Gasteiger partial charge in [-0.05, 0) is 31.0 Å². The number of nitrogens with one attached hydrogen (secondary N) is 1. The maximum atomic E-state index is 11.6. The van der Waals surface area contributed by atoms with Crippen molar-refractivity contribution in [1.29, 1.82) is 0 Å². The molecule has 4 nitrogen and oxygen atoms in total. The molecule has 0 radical (unpaired) electrons. The number of piperidine rings is 1. The predicted octanol–water partition coefficient (Wildman–Crippen LogP) is 1.33. The van der Waals surface area contributed by atoms with E-state index in [0.717, 1.165) is 26.1 Å². The van der Waals surface area contributed by atoms with Gasteiger partial charge in [0, 0.05) is 37.4 Å². The minimum Gasteiger partial charge on any atom is -0.354 e. The van der Waals surface area contributed by atoms with Crippen LogP contribution in [0.2, 0.25) is 0 Å². The Morgan fingerprint density at radius 1 is 1.44 bits per heavy atom. The molecule has 1 aromatic rings. The van der Waals surface area contributed by atoms with E-state index < -0.39 is 0 Å². The second kappa shape index (κ2) is 4.69. The topological polar surface area (TPSA) is 45.2 Å². The van der Waals surface area contributed by atoms with Crippen molar-refractivity contribution in [2.75, 3.05) is 13.1 Å². The van der Waals surface area contributed by atoms with E-state index in [1.807, 2.05) is 12.3 Å². The summed E-state index contributed by atoms with van der Waals surface area (Å²) in [5.74, 6) is 0.202. The molecular formula is C14H19N3O. The van der Waals surface area contributed by atoms with Crippen LogP contribution in [0, 0.1) is 0 Å². The molecule has 3 rings (SSSR count). The van der Waals surface area contributed by atoms with E-state index in [4.69, 9.17) is 0 Å².